The average molecular weight is 306 g/mol. The Kier molecular flexibility index (Phi) is 15.8. The van der Waals surface area contributed by atoms with E-state index in [1.807, 2.05) is 0 Å². The van der Waals surface area contributed by atoms with Gasteiger partial charge in [0.25, 0.3) is 0 Å². The molecule has 22 heavy (non-hydrogen) atoms. The third kappa shape index (κ3) is 8.26. The summed E-state index contributed by atoms with van der Waals surface area (Å²) in [6, 6.07) is 12.8. The van der Waals surface area contributed by atoms with Gasteiger partial charge in [0.15, 0.2) is 12.6 Å². The number of hydrogen-bond acceptors (Lipinski definition) is 6. The number of rotatable bonds is 2. The molecule has 6 heteroatoms. The maximum Gasteiger partial charge on any atom is 0.153 e. The van der Waals surface area contributed by atoms with Crippen molar-refractivity contribution in [2.45, 2.75) is 0 Å². The molecule has 2 aromatic carbocycles. The maximum absolute atomic E-state index is 10.1. The average Bonchev–Trinajstić information content (AvgIpc) is 2.51. The molecule has 0 aliphatic heterocycles. The van der Waals surface area contributed by atoms with Gasteiger partial charge in [-0.15, -0.1) is 13.2 Å². The molecule has 0 aliphatic rings. The summed E-state index contributed by atoms with van der Waals surface area (Å²) in [7, 11) is 0. The molecule has 0 spiro atoms. The van der Waals surface area contributed by atoms with E-state index in [1.54, 1.807) is 36.4 Å². The van der Waals surface area contributed by atoms with Crippen LogP contribution in [0.1, 0.15) is 20.7 Å². The summed E-state index contributed by atoms with van der Waals surface area (Å²) in [5.41, 5.74) is 0.662. The van der Waals surface area contributed by atoms with Gasteiger partial charge < -0.3 is 22.5 Å². The number of para-hydroxylation sites is 2. The van der Waals surface area contributed by atoms with Crippen LogP contribution in [0.25, 0.3) is 0 Å². The minimum absolute atomic E-state index is 0. The van der Waals surface area contributed by atoms with Crippen LogP contribution < -0.4 is 12.3 Å². The van der Waals surface area contributed by atoms with Crippen molar-refractivity contribution in [3.05, 3.63) is 72.8 Å². The number of aromatic hydroxyl groups is 2. The normalized spacial score (nSPS) is 7.45. The van der Waals surface area contributed by atoms with E-state index in [4.69, 9.17) is 10.2 Å². The largest absolute Gasteiger partial charge is 0.507 e. The lowest BCUT2D eigenvalue weighted by Crippen LogP contribution is -1.77. The van der Waals surface area contributed by atoms with E-state index in [-0.39, 0.29) is 23.8 Å². The molecular weight excluding hydrogens is 284 g/mol. The van der Waals surface area contributed by atoms with Gasteiger partial charge in [0.2, 0.25) is 0 Å². The molecule has 8 N–H and O–H groups in total. The predicted molar refractivity (Wildman–Crippen MR) is 88.3 cm³/mol. The van der Waals surface area contributed by atoms with Crippen LogP contribution in [0.3, 0.4) is 0 Å². The summed E-state index contributed by atoms with van der Waals surface area (Å²) < 4.78 is 0. The van der Waals surface area contributed by atoms with Crippen molar-refractivity contribution in [1.82, 2.24) is 12.3 Å². The van der Waals surface area contributed by atoms with Gasteiger partial charge in [0.1, 0.15) is 11.5 Å². The monoisotopic (exact) mass is 306 g/mol. The van der Waals surface area contributed by atoms with E-state index >= 15 is 0 Å². The molecule has 0 radical (unpaired) electrons. The fourth-order valence-electron chi connectivity index (χ4n) is 1.17. The van der Waals surface area contributed by atoms with E-state index in [0.29, 0.717) is 23.7 Å². The molecule has 0 heterocycles. The second-order valence-electron chi connectivity index (χ2n) is 3.35. The Hall–Kier alpha value is -2.96. The molecule has 0 bridgehead atoms. The fourth-order valence-corrected chi connectivity index (χ4v) is 1.17. The number of benzene rings is 2. The second-order valence-corrected chi connectivity index (χ2v) is 3.35. The maximum atomic E-state index is 10.1. The summed E-state index contributed by atoms with van der Waals surface area (Å²) in [4.78, 5) is 20.1. The minimum atomic E-state index is 0. The molecular formula is C16H22N2O4. The molecule has 120 valence electrons. The van der Waals surface area contributed by atoms with Crippen molar-refractivity contribution in [3.8, 4) is 11.5 Å². The molecule has 0 amide bonds. The third-order valence-electron chi connectivity index (χ3n) is 2.13. The van der Waals surface area contributed by atoms with Gasteiger partial charge in [-0.2, -0.15) is 0 Å². The topological polar surface area (TPSA) is 145 Å². The molecule has 0 saturated carbocycles. The molecule has 0 saturated heterocycles. The minimum Gasteiger partial charge on any atom is -0.507 e. The quantitative estimate of drug-likeness (QED) is 0.493. The van der Waals surface area contributed by atoms with E-state index < -0.39 is 0 Å². The first kappa shape index (κ1) is 24.1. The highest BCUT2D eigenvalue weighted by atomic mass is 16.3. The zero-order valence-corrected chi connectivity index (χ0v) is 12.3. The molecule has 0 aromatic heterocycles. The Balaban J connectivity index is -0.000000273. The summed E-state index contributed by atoms with van der Waals surface area (Å²) in [6.07, 6.45) is 1.24. The van der Waals surface area contributed by atoms with E-state index in [1.165, 1.54) is 12.1 Å². The first-order valence-corrected chi connectivity index (χ1v) is 5.65. The van der Waals surface area contributed by atoms with E-state index in [9.17, 15) is 9.59 Å². The Morgan fingerprint density at radius 2 is 0.955 bits per heavy atom. The Bertz CT molecular complexity index is 510. The van der Waals surface area contributed by atoms with Crippen molar-refractivity contribution in [1.29, 1.82) is 0 Å². The van der Waals surface area contributed by atoms with Crippen LogP contribution in [0.15, 0.2) is 61.7 Å². The van der Waals surface area contributed by atoms with E-state index in [0.717, 1.165) is 0 Å². The smallest absolute Gasteiger partial charge is 0.153 e. The molecule has 0 aliphatic carbocycles. The van der Waals surface area contributed by atoms with Gasteiger partial charge in [-0.25, -0.2) is 0 Å². The fraction of sp³-hybridized carbons (Fsp3) is 0. The van der Waals surface area contributed by atoms with Crippen molar-refractivity contribution < 1.29 is 19.8 Å². The Morgan fingerprint density at radius 3 is 1.14 bits per heavy atom. The third-order valence-corrected chi connectivity index (χ3v) is 2.13. The highest BCUT2D eigenvalue weighted by Crippen LogP contribution is 2.12. The summed E-state index contributed by atoms with van der Waals surface area (Å²) in [6.45, 7) is 6.00. The van der Waals surface area contributed by atoms with Gasteiger partial charge in [-0.1, -0.05) is 24.3 Å². The predicted octanol–water partition coefficient (Wildman–Crippen LogP) is 3.54. The zero-order chi connectivity index (χ0) is 15.4. The van der Waals surface area contributed by atoms with Crippen LogP contribution in [-0.4, -0.2) is 22.8 Å². The van der Waals surface area contributed by atoms with Gasteiger partial charge in [-0.05, 0) is 24.3 Å². The van der Waals surface area contributed by atoms with Crippen molar-refractivity contribution in [3.63, 3.8) is 0 Å². The van der Waals surface area contributed by atoms with Crippen molar-refractivity contribution >= 4 is 12.6 Å². The SMILES string of the molecule is C=C.N.N.O=Cc1ccccc1O.O=Cc1ccccc1O. The van der Waals surface area contributed by atoms with Gasteiger partial charge in [0.05, 0.1) is 11.1 Å². The number of carbonyl (C=O) groups excluding carboxylic acids is 2. The zero-order valence-electron chi connectivity index (χ0n) is 12.3. The van der Waals surface area contributed by atoms with E-state index in [2.05, 4.69) is 13.2 Å². The number of hydrogen-bond donors (Lipinski definition) is 4. The lowest BCUT2D eigenvalue weighted by molar-refractivity contribution is 0.111. The molecule has 6 nitrogen and oxygen atoms in total. The summed E-state index contributed by atoms with van der Waals surface area (Å²) >= 11 is 0. The summed E-state index contributed by atoms with van der Waals surface area (Å²) in [5.74, 6) is 0.0694. The number of phenols is 2. The molecule has 2 aromatic rings. The first-order valence-electron chi connectivity index (χ1n) is 5.65. The highest BCUT2D eigenvalue weighted by molar-refractivity contribution is 5.79. The van der Waals surface area contributed by atoms with Crippen LogP contribution in [0.2, 0.25) is 0 Å². The standard InChI is InChI=1S/2C7H6O2.C2H4.2H3N/c2*8-5-6-3-1-2-4-7(6)9;1-2;;/h2*1-5,9H;1-2H2;2*1H3. The summed E-state index contributed by atoms with van der Waals surface area (Å²) in [5, 5.41) is 17.8. The first-order chi connectivity index (χ1) is 9.69. The van der Waals surface area contributed by atoms with Crippen LogP contribution in [0.5, 0.6) is 11.5 Å². The van der Waals surface area contributed by atoms with Crippen LogP contribution in [0, 0.1) is 0 Å². The van der Waals surface area contributed by atoms with Crippen LogP contribution in [-0.2, 0) is 0 Å². The van der Waals surface area contributed by atoms with Crippen LogP contribution >= 0.6 is 0 Å². The van der Waals surface area contributed by atoms with Gasteiger partial charge in [-0.3, -0.25) is 9.59 Å². The molecule has 0 fully saturated rings. The van der Waals surface area contributed by atoms with Crippen LogP contribution in [0.4, 0.5) is 0 Å². The van der Waals surface area contributed by atoms with Crippen molar-refractivity contribution in [2.24, 2.45) is 0 Å². The number of carbonyl (C=O) groups is 2. The Labute approximate surface area is 129 Å². The number of phenolic OH excluding ortho intramolecular Hbond substituents is 2. The second kappa shape index (κ2) is 14.4. The number of aldehydes is 2. The molecule has 2 rings (SSSR count). The molecule has 0 unspecified atom stereocenters. The van der Waals surface area contributed by atoms with Gasteiger partial charge >= 0.3 is 0 Å². The Morgan fingerprint density at radius 1 is 0.682 bits per heavy atom. The molecule has 0 atom stereocenters. The lowest BCUT2D eigenvalue weighted by Gasteiger charge is -1.91. The van der Waals surface area contributed by atoms with Crippen molar-refractivity contribution in [2.75, 3.05) is 0 Å². The van der Waals surface area contributed by atoms with Gasteiger partial charge in [0, 0.05) is 0 Å². The lowest BCUT2D eigenvalue weighted by atomic mass is 10.2. The highest BCUT2D eigenvalue weighted by Gasteiger charge is 1.93.